The molecule has 1 N–H and O–H groups in total. The summed E-state index contributed by atoms with van der Waals surface area (Å²) in [6.45, 7) is 3.64. The largest absolute Gasteiger partial charge is 0.465 e. The highest BCUT2D eigenvalue weighted by molar-refractivity contribution is 5.91. The van der Waals surface area contributed by atoms with E-state index in [1.54, 1.807) is 19.1 Å². The van der Waals surface area contributed by atoms with Gasteiger partial charge in [-0.1, -0.05) is 0 Å². The molecule has 1 aliphatic rings. The number of rotatable bonds is 3. The molecule has 4 heteroatoms. The molecular weight excluding hydrogens is 245 g/mol. The number of esters is 1. The molecule has 0 unspecified atom stereocenters. The Balaban J connectivity index is 2.20. The normalized spacial score (nSPS) is 16.4. The van der Waals surface area contributed by atoms with E-state index in [2.05, 4.69) is 5.32 Å². The zero-order valence-electron chi connectivity index (χ0n) is 11.5. The summed E-state index contributed by atoms with van der Waals surface area (Å²) in [6, 6.07) is 3.32. The zero-order valence-corrected chi connectivity index (χ0v) is 11.5. The van der Waals surface area contributed by atoms with Crippen molar-refractivity contribution >= 4 is 5.97 Å². The standard InChI is InChI=1S/C15H20FNO2/c1-10-13(15(18)19-2)8-12(9-14(10)16)7-11-3-5-17-6-4-11/h8-9,11,17H,3-7H2,1-2H3. The molecule has 19 heavy (non-hydrogen) atoms. The van der Waals surface area contributed by atoms with Gasteiger partial charge in [-0.15, -0.1) is 0 Å². The van der Waals surface area contributed by atoms with E-state index in [1.807, 2.05) is 0 Å². The summed E-state index contributed by atoms with van der Waals surface area (Å²) in [4.78, 5) is 11.6. The summed E-state index contributed by atoms with van der Waals surface area (Å²) in [7, 11) is 1.32. The van der Waals surface area contributed by atoms with Gasteiger partial charge < -0.3 is 10.1 Å². The van der Waals surface area contributed by atoms with Gasteiger partial charge in [0, 0.05) is 0 Å². The molecule has 0 radical (unpaired) electrons. The Labute approximate surface area is 113 Å². The van der Waals surface area contributed by atoms with Crippen LogP contribution in [0.1, 0.15) is 34.3 Å². The first-order chi connectivity index (χ1) is 9.11. The summed E-state index contributed by atoms with van der Waals surface area (Å²) >= 11 is 0. The van der Waals surface area contributed by atoms with Crippen molar-refractivity contribution < 1.29 is 13.9 Å². The lowest BCUT2D eigenvalue weighted by Crippen LogP contribution is -2.28. The number of hydrogen-bond donors (Lipinski definition) is 1. The molecule has 0 aliphatic carbocycles. The fourth-order valence-electron chi connectivity index (χ4n) is 2.59. The van der Waals surface area contributed by atoms with E-state index in [0.29, 0.717) is 17.0 Å². The molecule has 0 amide bonds. The number of benzene rings is 1. The van der Waals surface area contributed by atoms with Crippen LogP contribution in [0.5, 0.6) is 0 Å². The third-order valence-corrected chi connectivity index (χ3v) is 3.79. The van der Waals surface area contributed by atoms with Crippen molar-refractivity contribution in [2.75, 3.05) is 20.2 Å². The van der Waals surface area contributed by atoms with Crippen LogP contribution in [0, 0.1) is 18.7 Å². The molecule has 2 rings (SSSR count). The predicted octanol–water partition coefficient (Wildman–Crippen LogP) is 2.46. The van der Waals surface area contributed by atoms with Crippen LogP contribution in [-0.2, 0) is 11.2 Å². The van der Waals surface area contributed by atoms with Crippen LogP contribution in [-0.4, -0.2) is 26.2 Å². The topological polar surface area (TPSA) is 38.3 Å². The molecule has 1 saturated heterocycles. The van der Waals surface area contributed by atoms with Crippen molar-refractivity contribution in [1.82, 2.24) is 5.32 Å². The zero-order chi connectivity index (χ0) is 13.8. The Morgan fingerprint density at radius 2 is 2.11 bits per heavy atom. The van der Waals surface area contributed by atoms with Gasteiger partial charge in [0.15, 0.2) is 0 Å². The van der Waals surface area contributed by atoms with Crippen molar-refractivity contribution in [3.05, 3.63) is 34.6 Å². The Kier molecular flexibility index (Phi) is 4.53. The van der Waals surface area contributed by atoms with Gasteiger partial charge in [0.05, 0.1) is 12.7 Å². The molecule has 1 fully saturated rings. The second-order valence-corrected chi connectivity index (χ2v) is 5.14. The molecule has 1 aromatic rings. The van der Waals surface area contributed by atoms with Gasteiger partial charge in [-0.25, -0.2) is 9.18 Å². The minimum absolute atomic E-state index is 0.327. The van der Waals surface area contributed by atoms with Crippen LogP contribution in [0.15, 0.2) is 12.1 Å². The molecule has 1 aromatic carbocycles. The lowest BCUT2D eigenvalue weighted by molar-refractivity contribution is 0.0599. The summed E-state index contributed by atoms with van der Waals surface area (Å²) in [5.41, 5.74) is 1.59. The number of halogens is 1. The number of carbonyl (C=O) groups is 1. The van der Waals surface area contributed by atoms with Gasteiger partial charge in [0.2, 0.25) is 0 Å². The fraction of sp³-hybridized carbons (Fsp3) is 0.533. The first-order valence-corrected chi connectivity index (χ1v) is 6.70. The van der Waals surface area contributed by atoms with E-state index in [-0.39, 0.29) is 5.82 Å². The summed E-state index contributed by atoms with van der Waals surface area (Å²) in [5, 5.41) is 3.31. The van der Waals surface area contributed by atoms with E-state index < -0.39 is 5.97 Å². The van der Waals surface area contributed by atoms with Crippen LogP contribution in [0.2, 0.25) is 0 Å². The summed E-state index contributed by atoms with van der Waals surface area (Å²) in [5.74, 6) is -0.232. The minimum atomic E-state index is -0.469. The van der Waals surface area contributed by atoms with Crippen molar-refractivity contribution in [2.24, 2.45) is 5.92 Å². The van der Waals surface area contributed by atoms with Crippen LogP contribution in [0.3, 0.4) is 0 Å². The van der Waals surface area contributed by atoms with Crippen LogP contribution >= 0.6 is 0 Å². The van der Waals surface area contributed by atoms with Crippen LogP contribution in [0.4, 0.5) is 4.39 Å². The Morgan fingerprint density at radius 3 is 2.74 bits per heavy atom. The van der Waals surface area contributed by atoms with E-state index >= 15 is 0 Å². The van der Waals surface area contributed by atoms with Gasteiger partial charge in [-0.3, -0.25) is 0 Å². The first-order valence-electron chi connectivity index (χ1n) is 6.70. The van der Waals surface area contributed by atoms with Gasteiger partial charge in [0.1, 0.15) is 5.82 Å². The molecule has 0 aromatic heterocycles. The monoisotopic (exact) mass is 265 g/mol. The molecule has 3 nitrogen and oxygen atoms in total. The highest BCUT2D eigenvalue weighted by atomic mass is 19.1. The van der Waals surface area contributed by atoms with E-state index in [0.717, 1.165) is 37.9 Å². The highest BCUT2D eigenvalue weighted by Gasteiger charge is 2.18. The molecular formula is C15H20FNO2. The van der Waals surface area contributed by atoms with Crippen molar-refractivity contribution in [1.29, 1.82) is 0 Å². The molecule has 0 bridgehead atoms. The average molecular weight is 265 g/mol. The average Bonchev–Trinajstić information content (AvgIpc) is 2.43. The number of ether oxygens (including phenoxy) is 1. The number of nitrogens with one attached hydrogen (secondary N) is 1. The lowest BCUT2D eigenvalue weighted by atomic mass is 9.89. The second-order valence-electron chi connectivity index (χ2n) is 5.14. The Bertz CT molecular complexity index is 467. The molecule has 1 aliphatic heterocycles. The first kappa shape index (κ1) is 14.0. The predicted molar refractivity (Wildman–Crippen MR) is 71.8 cm³/mol. The van der Waals surface area contributed by atoms with Gasteiger partial charge in [-0.05, 0) is 68.5 Å². The number of methoxy groups -OCH3 is 1. The number of piperidine rings is 1. The third-order valence-electron chi connectivity index (χ3n) is 3.79. The third kappa shape index (κ3) is 3.32. The second kappa shape index (κ2) is 6.15. The van der Waals surface area contributed by atoms with Crippen molar-refractivity contribution in [3.63, 3.8) is 0 Å². The number of hydrogen-bond acceptors (Lipinski definition) is 3. The van der Waals surface area contributed by atoms with Crippen molar-refractivity contribution in [3.8, 4) is 0 Å². The van der Waals surface area contributed by atoms with Crippen LogP contribution in [0.25, 0.3) is 0 Å². The van der Waals surface area contributed by atoms with Gasteiger partial charge in [0.25, 0.3) is 0 Å². The lowest BCUT2D eigenvalue weighted by Gasteiger charge is -2.23. The number of carbonyl (C=O) groups excluding carboxylic acids is 1. The SMILES string of the molecule is COC(=O)c1cc(CC2CCNCC2)cc(F)c1C. The molecule has 0 saturated carbocycles. The van der Waals surface area contributed by atoms with Crippen molar-refractivity contribution in [2.45, 2.75) is 26.2 Å². The smallest absolute Gasteiger partial charge is 0.338 e. The molecule has 104 valence electrons. The minimum Gasteiger partial charge on any atom is -0.465 e. The van der Waals surface area contributed by atoms with Crippen LogP contribution < -0.4 is 5.32 Å². The molecule has 0 spiro atoms. The summed E-state index contributed by atoms with van der Waals surface area (Å²) < 4.78 is 18.6. The van der Waals surface area contributed by atoms with E-state index in [4.69, 9.17) is 4.74 Å². The van der Waals surface area contributed by atoms with Gasteiger partial charge in [-0.2, -0.15) is 0 Å². The maximum Gasteiger partial charge on any atom is 0.338 e. The Hall–Kier alpha value is -1.42. The molecule has 0 atom stereocenters. The van der Waals surface area contributed by atoms with Gasteiger partial charge >= 0.3 is 5.97 Å². The van der Waals surface area contributed by atoms with E-state index in [9.17, 15) is 9.18 Å². The Morgan fingerprint density at radius 1 is 1.42 bits per heavy atom. The fourth-order valence-corrected chi connectivity index (χ4v) is 2.59. The summed E-state index contributed by atoms with van der Waals surface area (Å²) in [6.07, 6.45) is 3.02. The maximum absolute atomic E-state index is 13.9. The maximum atomic E-state index is 13.9. The highest BCUT2D eigenvalue weighted by Crippen LogP contribution is 2.22. The quantitative estimate of drug-likeness (QED) is 0.853. The molecule has 1 heterocycles. The van der Waals surface area contributed by atoms with E-state index in [1.165, 1.54) is 7.11 Å².